The van der Waals surface area contributed by atoms with E-state index in [9.17, 15) is 14.4 Å². The van der Waals surface area contributed by atoms with Crippen LogP contribution < -0.4 is 5.32 Å². The molecule has 1 atom stereocenters. The molecule has 0 aliphatic carbocycles. The average molecular weight is 455 g/mol. The van der Waals surface area contributed by atoms with E-state index in [1.54, 1.807) is 12.1 Å². The average Bonchev–Trinajstić information content (AvgIpc) is 3.25. The molecule has 1 aromatic carbocycles. The van der Waals surface area contributed by atoms with Gasteiger partial charge in [0.25, 0.3) is 5.91 Å². The minimum absolute atomic E-state index is 0.0220. The number of nitrogens with zero attached hydrogens (tertiary/aromatic N) is 3. The first kappa shape index (κ1) is 22.5. The molecule has 0 saturated carbocycles. The van der Waals surface area contributed by atoms with Crippen molar-refractivity contribution in [3.05, 3.63) is 47.0 Å². The lowest BCUT2D eigenvalue weighted by Crippen LogP contribution is -2.47. The van der Waals surface area contributed by atoms with Crippen molar-refractivity contribution >= 4 is 34.2 Å². The van der Waals surface area contributed by atoms with Crippen LogP contribution >= 0.6 is 11.3 Å². The summed E-state index contributed by atoms with van der Waals surface area (Å²) in [6.07, 6.45) is 3.95. The predicted octanol–water partition coefficient (Wildman–Crippen LogP) is 3.44. The highest BCUT2D eigenvalue weighted by molar-refractivity contribution is 7.14. The Morgan fingerprint density at radius 3 is 2.53 bits per heavy atom. The van der Waals surface area contributed by atoms with E-state index >= 15 is 0 Å². The Kier molecular flexibility index (Phi) is 7.19. The van der Waals surface area contributed by atoms with Gasteiger partial charge in [-0.1, -0.05) is 25.1 Å². The summed E-state index contributed by atoms with van der Waals surface area (Å²) in [7, 11) is 0. The monoisotopic (exact) mass is 454 g/mol. The SMILES string of the molecule is CC1CCCN(C(=O)C2CCN(C(=O)Cc3csc(NC(=O)c4ccccc4)n3)CC2)C1. The number of thiazole rings is 1. The summed E-state index contributed by atoms with van der Waals surface area (Å²) in [6, 6.07) is 8.97. The van der Waals surface area contributed by atoms with E-state index in [1.807, 2.05) is 33.4 Å². The molecule has 1 unspecified atom stereocenters. The van der Waals surface area contributed by atoms with Crippen LogP contribution in [0, 0.1) is 11.8 Å². The maximum atomic E-state index is 12.8. The number of aromatic nitrogens is 1. The van der Waals surface area contributed by atoms with Gasteiger partial charge in [0.15, 0.2) is 5.13 Å². The first-order chi connectivity index (χ1) is 15.5. The maximum Gasteiger partial charge on any atom is 0.257 e. The fourth-order valence-electron chi connectivity index (χ4n) is 4.49. The fourth-order valence-corrected chi connectivity index (χ4v) is 5.20. The number of carbonyl (C=O) groups is 3. The molecule has 3 heterocycles. The van der Waals surface area contributed by atoms with Crippen molar-refractivity contribution in [2.75, 3.05) is 31.5 Å². The Labute approximate surface area is 192 Å². The second kappa shape index (κ2) is 10.3. The number of nitrogens with one attached hydrogen (secondary N) is 1. The van der Waals surface area contributed by atoms with Crippen molar-refractivity contribution < 1.29 is 14.4 Å². The Morgan fingerprint density at radius 2 is 1.81 bits per heavy atom. The molecule has 2 aliphatic heterocycles. The van der Waals surface area contributed by atoms with Crippen LogP contribution in [0.3, 0.4) is 0 Å². The van der Waals surface area contributed by atoms with Gasteiger partial charge >= 0.3 is 0 Å². The van der Waals surface area contributed by atoms with Crippen LogP contribution in [-0.4, -0.2) is 58.7 Å². The summed E-state index contributed by atoms with van der Waals surface area (Å²) in [5.74, 6) is 0.682. The quantitative estimate of drug-likeness (QED) is 0.750. The molecule has 0 bridgehead atoms. The lowest BCUT2D eigenvalue weighted by molar-refractivity contribution is -0.141. The third kappa shape index (κ3) is 5.54. The van der Waals surface area contributed by atoms with Crippen LogP contribution in [0.5, 0.6) is 0 Å². The van der Waals surface area contributed by atoms with E-state index in [-0.39, 0.29) is 30.1 Å². The first-order valence-corrected chi connectivity index (χ1v) is 12.2. The third-order valence-electron chi connectivity index (χ3n) is 6.31. The largest absolute Gasteiger partial charge is 0.342 e. The number of piperidine rings is 2. The number of hydrogen-bond acceptors (Lipinski definition) is 5. The highest BCUT2D eigenvalue weighted by atomic mass is 32.1. The molecule has 0 radical (unpaired) electrons. The van der Waals surface area contributed by atoms with Crippen LogP contribution in [0.1, 0.15) is 48.7 Å². The van der Waals surface area contributed by atoms with E-state index < -0.39 is 0 Å². The number of benzene rings is 1. The summed E-state index contributed by atoms with van der Waals surface area (Å²) >= 11 is 1.32. The lowest BCUT2D eigenvalue weighted by atomic mass is 9.92. The Hall–Kier alpha value is -2.74. The van der Waals surface area contributed by atoms with Crippen molar-refractivity contribution in [3.8, 4) is 0 Å². The van der Waals surface area contributed by atoms with Crippen molar-refractivity contribution in [2.24, 2.45) is 11.8 Å². The molecular weight excluding hydrogens is 424 g/mol. The molecule has 32 heavy (non-hydrogen) atoms. The van der Waals surface area contributed by atoms with Gasteiger partial charge in [-0.25, -0.2) is 4.98 Å². The molecule has 1 N–H and O–H groups in total. The maximum absolute atomic E-state index is 12.8. The van der Waals surface area contributed by atoms with Gasteiger partial charge < -0.3 is 9.80 Å². The second-order valence-corrected chi connectivity index (χ2v) is 9.69. The predicted molar refractivity (Wildman–Crippen MR) is 124 cm³/mol. The minimum atomic E-state index is -0.215. The summed E-state index contributed by atoms with van der Waals surface area (Å²) in [6.45, 7) is 5.17. The Morgan fingerprint density at radius 1 is 1.06 bits per heavy atom. The van der Waals surface area contributed by atoms with Gasteiger partial charge in [0.05, 0.1) is 12.1 Å². The number of anilines is 1. The molecule has 170 valence electrons. The fraction of sp³-hybridized carbons (Fsp3) is 0.500. The van der Waals surface area contributed by atoms with Gasteiger partial charge in [0.1, 0.15) is 0 Å². The topological polar surface area (TPSA) is 82.6 Å². The normalized spacial score (nSPS) is 19.6. The molecular formula is C24H30N4O3S. The van der Waals surface area contributed by atoms with Crippen LogP contribution in [0.25, 0.3) is 0 Å². The highest BCUT2D eigenvalue weighted by Crippen LogP contribution is 2.24. The number of rotatable bonds is 5. The number of likely N-dealkylation sites (tertiary alicyclic amines) is 2. The van der Waals surface area contributed by atoms with Crippen LogP contribution in [0.4, 0.5) is 5.13 Å². The summed E-state index contributed by atoms with van der Waals surface area (Å²) < 4.78 is 0. The molecule has 2 fully saturated rings. The zero-order valence-corrected chi connectivity index (χ0v) is 19.3. The van der Waals surface area contributed by atoms with Gasteiger partial charge in [-0.3, -0.25) is 19.7 Å². The first-order valence-electron chi connectivity index (χ1n) is 11.4. The minimum Gasteiger partial charge on any atom is -0.342 e. The van der Waals surface area contributed by atoms with Crippen molar-refractivity contribution in [2.45, 2.75) is 39.0 Å². The van der Waals surface area contributed by atoms with Crippen molar-refractivity contribution in [1.29, 1.82) is 0 Å². The zero-order valence-electron chi connectivity index (χ0n) is 18.5. The summed E-state index contributed by atoms with van der Waals surface area (Å²) in [4.78, 5) is 46.1. The number of amides is 3. The van der Waals surface area contributed by atoms with Crippen LogP contribution in [-0.2, 0) is 16.0 Å². The standard InChI is InChI=1S/C24H30N4O3S/c1-17-6-5-11-28(15-17)23(31)19-9-12-27(13-10-19)21(29)14-20-16-32-24(25-20)26-22(30)18-7-3-2-4-8-18/h2-4,7-8,16-17,19H,5-6,9-15H2,1H3,(H,25,26,30). The van der Waals surface area contributed by atoms with Gasteiger partial charge in [-0.05, 0) is 43.7 Å². The van der Waals surface area contributed by atoms with Crippen LogP contribution in [0.15, 0.2) is 35.7 Å². The van der Waals surface area contributed by atoms with Gasteiger partial charge in [0.2, 0.25) is 11.8 Å². The third-order valence-corrected chi connectivity index (χ3v) is 7.11. The molecule has 2 saturated heterocycles. The van der Waals surface area contributed by atoms with Gasteiger partial charge in [0, 0.05) is 43.0 Å². The van der Waals surface area contributed by atoms with E-state index in [1.165, 1.54) is 17.8 Å². The van der Waals surface area contributed by atoms with Gasteiger partial charge in [-0.15, -0.1) is 11.3 Å². The van der Waals surface area contributed by atoms with E-state index in [2.05, 4.69) is 17.2 Å². The number of carbonyl (C=O) groups excluding carboxylic acids is 3. The molecule has 7 nitrogen and oxygen atoms in total. The molecule has 3 amide bonds. The summed E-state index contributed by atoms with van der Waals surface area (Å²) in [5, 5.41) is 5.08. The van der Waals surface area contributed by atoms with E-state index in [0.29, 0.717) is 35.4 Å². The molecule has 2 aromatic rings. The van der Waals surface area contributed by atoms with E-state index in [0.717, 1.165) is 32.4 Å². The van der Waals surface area contributed by atoms with Gasteiger partial charge in [-0.2, -0.15) is 0 Å². The second-order valence-electron chi connectivity index (χ2n) is 8.83. The highest BCUT2D eigenvalue weighted by Gasteiger charge is 2.31. The number of hydrogen-bond donors (Lipinski definition) is 1. The van der Waals surface area contributed by atoms with E-state index in [4.69, 9.17) is 0 Å². The smallest absolute Gasteiger partial charge is 0.257 e. The molecule has 0 spiro atoms. The Bertz CT molecular complexity index is 953. The summed E-state index contributed by atoms with van der Waals surface area (Å²) in [5.41, 5.74) is 1.22. The molecule has 2 aliphatic rings. The molecule has 1 aromatic heterocycles. The molecule has 8 heteroatoms. The lowest BCUT2D eigenvalue weighted by Gasteiger charge is -2.37. The zero-order chi connectivity index (χ0) is 22.5. The van der Waals surface area contributed by atoms with Crippen molar-refractivity contribution in [1.82, 2.24) is 14.8 Å². The molecule has 4 rings (SSSR count). The van der Waals surface area contributed by atoms with Crippen molar-refractivity contribution in [3.63, 3.8) is 0 Å². The van der Waals surface area contributed by atoms with Crippen LogP contribution in [0.2, 0.25) is 0 Å². The Balaban J connectivity index is 1.25.